The van der Waals surface area contributed by atoms with Crippen molar-refractivity contribution < 1.29 is 14.6 Å². The molecular formula is C11H11NO3. The van der Waals surface area contributed by atoms with Gasteiger partial charge in [0.25, 0.3) is 0 Å². The van der Waals surface area contributed by atoms with Gasteiger partial charge in [-0.05, 0) is 24.6 Å². The van der Waals surface area contributed by atoms with E-state index in [0.29, 0.717) is 12.2 Å². The lowest BCUT2D eigenvalue weighted by Gasteiger charge is -2.03. The normalized spacial score (nSPS) is 9.33. The second-order valence-electron chi connectivity index (χ2n) is 2.95. The van der Waals surface area contributed by atoms with Crippen molar-refractivity contribution in [2.75, 3.05) is 6.61 Å². The first-order valence-corrected chi connectivity index (χ1v) is 4.55. The number of esters is 1. The summed E-state index contributed by atoms with van der Waals surface area (Å²) in [6, 6.07) is 6.33. The van der Waals surface area contributed by atoms with Crippen LogP contribution in [0.2, 0.25) is 0 Å². The molecule has 0 fully saturated rings. The van der Waals surface area contributed by atoms with Crippen LogP contribution in [0.3, 0.4) is 0 Å². The van der Waals surface area contributed by atoms with Gasteiger partial charge in [-0.25, -0.2) is 0 Å². The number of nitriles is 1. The second-order valence-corrected chi connectivity index (χ2v) is 2.95. The quantitative estimate of drug-likeness (QED) is 0.756. The summed E-state index contributed by atoms with van der Waals surface area (Å²) in [6.07, 6.45) is 0.104. The number of carbonyl (C=O) groups is 1. The molecule has 0 saturated heterocycles. The van der Waals surface area contributed by atoms with Crippen molar-refractivity contribution in [1.29, 1.82) is 5.26 Å². The van der Waals surface area contributed by atoms with Crippen molar-refractivity contribution in [1.82, 2.24) is 0 Å². The van der Waals surface area contributed by atoms with Gasteiger partial charge in [0.1, 0.15) is 11.8 Å². The van der Waals surface area contributed by atoms with Crippen molar-refractivity contribution in [3.8, 4) is 11.8 Å². The molecule has 4 heteroatoms. The first kappa shape index (κ1) is 11.1. The van der Waals surface area contributed by atoms with Gasteiger partial charge in [0, 0.05) is 0 Å². The smallest absolute Gasteiger partial charge is 0.310 e. The van der Waals surface area contributed by atoms with Gasteiger partial charge in [0.2, 0.25) is 0 Å². The van der Waals surface area contributed by atoms with Gasteiger partial charge in [-0.1, -0.05) is 6.07 Å². The van der Waals surface area contributed by atoms with Crippen LogP contribution < -0.4 is 0 Å². The predicted octanol–water partition coefficient (Wildman–Crippen LogP) is 1.37. The summed E-state index contributed by atoms with van der Waals surface area (Å²) in [7, 11) is 0. The minimum absolute atomic E-state index is 0.104. The molecule has 1 rings (SSSR count). The number of phenolic OH excluding ortho intramolecular Hbond substituents is 1. The summed E-state index contributed by atoms with van der Waals surface area (Å²) in [5.74, 6) is -0.457. The maximum Gasteiger partial charge on any atom is 0.310 e. The van der Waals surface area contributed by atoms with Gasteiger partial charge in [-0.2, -0.15) is 5.26 Å². The van der Waals surface area contributed by atoms with Crippen molar-refractivity contribution >= 4 is 5.97 Å². The number of aromatic hydroxyl groups is 1. The van der Waals surface area contributed by atoms with E-state index in [1.54, 1.807) is 13.0 Å². The van der Waals surface area contributed by atoms with Crippen LogP contribution in [0.4, 0.5) is 0 Å². The fourth-order valence-electron chi connectivity index (χ4n) is 1.16. The van der Waals surface area contributed by atoms with E-state index in [1.807, 2.05) is 6.07 Å². The van der Waals surface area contributed by atoms with Crippen molar-refractivity contribution in [3.05, 3.63) is 29.3 Å². The maximum absolute atomic E-state index is 11.1. The molecule has 1 aromatic rings. The van der Waals surface area contributed by atoms with E-state index >= 15 is 0 Å². The Morgan fingerprint density at radius 1 is 1.60 bits per heavy atom. The fraction of sp³-hybridized carbons (Fsp3) is 0.273. The minimum atomic E-state index is -0.346. The first-order valence-electron chi connectivity index (χ1n) is 4.55. The molecule has 0 unspecified atom stereocenters. The molecule has 1 N–H and O–H groups in total. The van der Waals surface area contributed by atoms with Crippen LogP contribution >= 0.6 is 0 Å². The largest absolute Gasteiger partial charge is 0.507 e. The van der Waals surface area contributed by atoms with Gasteiger partial charge in [-0.15, -0.1) is 0 Å². The Bertz CT molecular complexity index is 407. The average Bonchev–Trinajstić information content (AvgIpc) is 2.18. The zero-order chi connectivity index (χ0) is 11.3. The highest BCUT2D eigenvalue weighted by Gasteiger charge is 2.06. The minimum Gasteiger partial charge on any atom is -0.507 e. The molecule has 0 amide bonds. The maximum atomic E-state index is 11.1. The molecule has 0 atom stereocenters. The Morgan fingerprint density at radius 2 is 2.33 bits per heavy atom. The molecule has 4 nitrogen and oxygen atoms in total. The average molecular weight is 205 g/mol. The highest BCUT2D eigenvalue weighted by molar-refractivity contribution is 5.72. The Morgan fingerprint density at radius 3 is 2.87 bits per heavy atom. The molecule has 0 aliphatic carbocycles. The van der Waals surface area contributed by atoms with E-state index in [1.165, 1.54) is 12.1 Å². The summed E-state index contributed by atoms with van der Waals surface area (Å²) in [5.41, 5.74) is 0.826. The Labute approximate surface area is 87.7 Å². The van der Waals surface area contributed by atoms with Crippen LogP contribution in [0.15, 0.2) is 18.2 Å². The van der Waals surface area contributed by atoms with Crippen molar-refractivity contribution in [2.45, 2.75) is 13.3 Å². The monoisotopic (exact) mass is 205 g/mol. The summed E-state index contributed by atoms with van der Waals surface area (Å²) < 4.78 is 4.76. The summed E-state index contributed by atoms with van der Waals surface area (Å²) in [4.78, 5) is 11.1. The van der Waals surface area contributed by atoms with E-state index in [9.17, 15) is 9.90 Å². The van der Waals surface area contributed by atoms with Crippen LogP contribution in [0.25, 0.3) is 0 Å². The fourth-order valence-corrected chi connectivity index (χ4v) is 1.16. The summed E-state index contributed by atoms with van der Waals surface area (Å²) in [5, 5.41) is 17.9. The predicted molar refractivity (Wildman–Crippen MR) is 53.2 cm³/mol. The molecule has 0 aliphatic heterocycles. The molecule has 78 valence electrons. The Hall–Kier alpha value is -2.02. The van der Waals surface area contributed by atoms with Gasteiger partial charge >= 0.3 is 5.97 Å². The van der Waals surface area contributed by atoms with Crippen molar-refractivity contribution in [3.63, 3.8) is 0 Å². The van der Waals surface area contributed by atoms with Crippen LogP contribution in [0.1, 0.15) is 18.1 Å². The lowest BCUT2D eigenvalue weighted by Crippen LogP contribution is -2.07. The molecular weight excluding hydrogens is 194 g/mol. The van der Waals surface area contributed by atoms with Gasteiger partial charge < -0.3 is 9.84 Å². The lowest BCUT2D eigenvalue weighted by molar-refractivity contribution is -0.142. The molecule has 0 aromatic heterocycles. The number of benzene rings is 1. The van der Waals surface area contributed by atoms with E-state index < -0.39 is 0 Å². The second kappa shape index (κ2) is 5.01. The highest BCUT2D eigenvalue weighted by atomic mass is 16.5. The van der Waals surface area contributed by atoms with Crippen LogP contribution in [0, 0.1) is 11.3 Å². The standard InChI is InChI=1S/C11H11NO3/c1-2-15-11(14)6-8-3-4-9(7-12)10(13)5-8/h3-5,13H,2,6H2,1H3. The van der Waals surface area contributed by atoms with Crippen molar-refractivity contribution in [2.24, 2.45) is 0 Å². The molecule has 0 radical (unpaired) electrons. The molecule has 15 heavy (non-hydrogen) atoms. The number of phenols is 1. The molecule has 0 bridgehead atoms. The number of hydrogen-bond donors (Lipinski definition) is 1. The number of nitrogens with zero attached hydrogens (tertiary/aromatic N) is 1. The summed E-state index contributed by atoms with van der Waals surface area (Å²) in [6.45, 7) is 2.06. The molecule has 0 aliphatic rings. The first-order chi connectivity index (χ1) is 7.17. The van der Waals surface area contributed by atoms with Gasteiger partial charge in [0.15, 0.2) is 0 Å². The topological polar surface area (TPSA) is 70.3 Å². The third kappa shape index (κ3) is 2.99. The number of carbonyl (C=O) groups excluding carboxylic acids is 1. The van der Waals surface area contributed by atoms with E-state index in [4.69, 9.17) is 10.00 Å². The number of hydrogen-bond acceptors (Lipinski definition) is 4. The number of ether oxygens (including phenoxy) is 1. The van der Waals surface area contributed by atoms with Gasteiger partial charge in [-0.3, -0.25) is 4.79 Å². The zero-order valence-electron chi connectivity index (χ0n) is 8.36. The van der Waals surface area contributed by atoms with E-state index in [2.05, 4.69) is 0 Å². The molecule has 0 spiro atoms. The SMILES string of the molecule is CCOC(=O)Cc1ccc(C#N)c(O)c1. The van der Waals surface area contributed by atoms with Crippen LogP contribution in [-0.4, -0.2) is 17.7 Å². The molecule has 0 saturated carbocycles. The third-order valence-electron chi connectivity index (χ3n) is 1.84. The molecule has 1 aromatic carbocycles. The summed E-state index contributed by atoms with van der Waals surface area (Å²) >= 11 is 0. The van der Waals surface area contributed by atoms with Crippen LogP contribution in [0.5, 0.6) is 5.75 Å². The van der Waals surface area contributed by atoms with Crippen LogP contribution in [-0.2, 0) is 16.0 Å². The third-order valence-corrected chi connectivity index (χ3v) is 1.84. The lowest BCUT2D eigenvalue weighted by atomic mass is 10.1. The Kier molecular flexibility index (Phi) is 3.69. The molecule has 0 heterocycles. The zero-order valence-corrected chi connectivity index (χ0v) is 8.36. The van der Waals surface area contributed by atoms with Gasteiger partial charge in [0.05, 0.1) is 18.6 Å². The van der Waals surface area contributed by atoms with E-state index in [0.717, 1.165) is 0 Å². The highest BCUT2D eigenvalue weighted by Crippen LogP contribution is 2.18. The number of rotatable bonds is 3. The van der Waals surface area contributed by atoms with E-state index in [-0.39, 0.29) is 23.7 Å². The Balaban J connectivity index is 2.76.